The van der Waals surface area contributed by atoms with Crippen molar-refractivity contribution in [2.45, 2.75) is 12.5 Å². The van der Waals surface area contributed by atoms with Crippen LogP contribution in [0.3, 0.4) is 0 Å². The van der Waals surface area contributed by atoms with Crippen molar-refractivity contribution in [3.63, 3.8) is 0 Å². The number of hydrogen-bond donors (Lipinski definition) is 1. The molecule has 0 amide bonds. The number of ether oxygens (including phenoxy) is 1. The van der Waals surface area contributed by atoms with E-state index in [2.05, 4.69) is 0 Å². The minimum absolute atomic E-state index is 0.260. The maximum Gasteiger partial charge on any atom is 0.132 e. The second kappa shape index (κ2) is 6.04. The van der Waals surface area contributed by atoms with E-state index in [9.17, 15) is 9.50 Å². The third-order valence-electron chi connectivity index (χ3n) is 2.91. The highest BCUT2D eigenvalue weighted by atomic mass is 35.5. The van der Waals surface area contributed by atoms with E-state index in [1.165, 1.54) is 19.2 Å². The van der Waals surface area contributed by atoms with E-state index < -0.39 is 11.9 Å². The van der Waals surface area contributed by atoms with Gasteiger partial charge in [-0.05, 0) is 29.8 Å². The first-order valence-corrected chi connectivity index (χ1v) is 6.24. The summed E-state index contributed by atoms with van der Waals surface area (Å²) in [6.07, 6.45) is -0.562. The van der Waals surface area contributed by atoms with Crippen LogP contribution in [0.4, 0.5) is 4.39 Å². The molecule has 0 bridgehead atoms. The standard InChI is InChI=1S/C15H14ClFO2/c1-19-12-6-7-13(14(17)9-12)15(18)8-10-2-4-11(16)5-3-10/h2-7,9,15,18H,8H2,1H3. The molecule has 0 saturated carbocycles. The van der Waals surface area contributed by atoms with Crippen LogP contribution in [-0.2, 0) is 6.42 Å². The molecule has 0 aliphatic heterocycles. The summed E-state index contributed by atoms with van der Waals surface area (Å²) in [6, 6.07) is 11.5. The van der Waals surface area contributed by atoms with Crippen LogP contribution in [0.25, 0.3) is 0 Å². The summed E-state index contributed by atoms with van der Waals surface area (Å²) in [5, 5.41) is 10.7. The number of benzene rings is 2. The molecular formula is C15H14ClFO2. The molecule has 0 saturated heterocycles. The molecule has 1 N–H and O–H groups in total. The highest BCUT2D eigenvalue weighted by molar-refractivity contribution is 6.30. The van der Waals surface area contributed by atoms with Crippen LogP contribution in [0.15, 0.2) is 42.5 Å². The first-order chi connectivity index (χ1) is 9.10. The largest absolute Gasteiger partial charge is 0.497 e. The average molecular weight is 281 g/mol. The fraction of sp³-hybridized carbons (Fsp3) is 0.200. The molecule has 0 fully saturated rings. The molecule has 0 radical (unpaired) electrons. The Morgan fingerprint density at radius 3 is 2.47 bits per heavy atom. The van der Waals surface area contributed by atoms with E-state index in [4.69, 9.17) is 16.3 Å². The predicted octanol–water partition coefficient (Wildman–Crippen LogP) is 3.76. The first-order valence-electron chi connectivity index (χ1n) is 5.86. The van der Waals surface area contributed by atoms with Gasteiger partial charge in [-0.3, -0.25) is 0 Å². The smallest absolute Gasteiger partial charge is 0.132 e. The third kappa shape index (κ3) is 3.46. The molecule has 0 aliphatic carbocycles. The van der Waals surface area contributed by atoms with Crippen LogP contribution in [0.1, 0.15) is 17.2 Å². The summed E-state index contributed by atoms with van der Waals surface area (Å²) in [5.41, 5.74) is 1.16. The van der Waals surface area contributed by atoms with Crippen molar-refractivity contribution in [2.24, 2.45) is 0 Å². The van der Waals surface area contributed by atoms with Crippen LogP contribution < -0.4 is 4.74 Å². The summed E-state index contributed by atoms with van der Waals surface area (Å²) in [6.45, 7) is 0. The summed E-state index contributed by atoms with van der Waals surface area (Å²) in [5.74, 6) is -0.0410. The lowest BCUT2D eigenvalue weighted by Crippen LogP contribution is -2.04. The van der Waals surface area contributed by atoms with Crippen molar-refractivity contribution in [2.75, 3.05) is 7.11 Å². The van der Waals surface area contributed by atoms with E-state index in [0.29, 0.717) is 17.2 Å². The van der Waals surface area contributed by atoms with Crippen molar-refractivity contribution in [1.82, 2.24) is 0 Å². The Labute approximate surface area is 116 Å². The Hall–Kier alpha value is -1.58. The van der Waals surface area contributed by atoms with Gasteiger partial charge in [-0.25, -0.2) is 4.39 Å². The van der Waals surface area contributed by atoms with Crippen molar-refractivity contribution in [3.05, 3.63) is 64.4 Å². The Bertz CT molecular complexity index is 555. The molecule has 1 unspecified atom stereocenters. The Morgan fingerprint density at radius 2 is 1.89 bits per heavy atom. The molecule has 0 aliphatic rings. The van der Waals surface area contributed by atoms with Crippen molar-refractivity contribution in [3.8, 4) is 5.75 Å². The lowest BCUT2D eigenvalue weighted by molar-refractivity contribution is 0.173. The van der Waals surface area contributed by atoms with Crippen molar-refractivity contribution >= 4 is 11.6 Å². The second-order valence-electron chi connectivity index (χ2n) is 4.23. The lowest BCUT2D eigenvalue weighted by atomic mass is 10.0. The van der Waals surface area contributed by atoms with Gasteiger partial charge in [0.2, 0.25) is 0 Å². The molecule has 2 rings (SSSR count). The molecule has 2 nitrogen and oxygen atoms in total. The van der Waals surface area contributed by atoms with Gasteiger partial charge in [-0.1, -0.05) is 23.7 Å². The topological polar surface area (TPSA) is 29.5 Å². The lowest BCUT2D eigenvalue weighted by Gasteiger charge is -2.13. The zero-order valence-electron chi connectivity index (χ0n) is 10.4. The van der Waals surface area contributed by atoms with Crippen LogP contribution in [0, 0.1) is 5.82 Å². The zero-order chi connectivity index (χ0) is 13.8. The molecule has 1 atom stereocenters. The maximum absolute atomic E-state index is 13.8. The van der Waals surface area contributed by atoms with Crippen LogP contribution in [-0.4, -0.2) is 12.2 Å². The monoisotopic (exact) mass is 280 g/mol. The molecule has 0 heterocycles. The van der Waals surface area contributed by atoms with Gasteiger partial charge in [-0.15, -0.1) is 0 Å². The Kier molecular flexibility index (Phi) is 4.40. The zero-order valence-corrected chi connectivity index (χ0v) is 11.2. The SMILES string of the molecule is COc1ccc(C(O)Cc2ccc(Cl)cc2)c(F)c1. The number of halogens is 2. The van der Waals surface area contributed by atoms with Gasteiger partial charge in [-0.2, -0.15) is 0 Å². The summed E-state index contributed by atoms with van der Waals surface area (Å²) in [7, 11) is 1.47. The normalized spacial score (nSPS) is 12.2. The number of methoxy groups -OCH3 is 1. The first kappa shape index (κ1) is 13.8. The van der Waals surface area contributed by atoms with Gasteiger partial charge in [0.15, 0.2) is 0 Å². The van der Waals surface area contributed by atoms with Gasteiger partial charge in [0.05, 0.1) is 13.2 Å². The van der Waals surface area contributed by atoms with Gasteiger partial charge in [0.25, 0.3) is 0 Å². The highest BCUT2D eigenvalue weighted by Crippen LogP contribution is 2.25. The maximum atomic E-state index is 13.8. The van der Waals surface area contributed by atoms with E-state index in [0.717, 1.165) is 5.56 Å². The van der Waals surface area contributed by atoms with Gasteiger partial charge < -0.3 is 9.84 Å². The Morgan fingerprint density at radius 1 is 1.21 bits per heavy atom. The third-order valence-corrected chi connectivity index (χ3v) is 3.16. The molecule has 2 aromatic rings. The van der Waals surface area contributed by atoms with Gasteiger partial charge in [0.1, 0.15) is 11.6 Å². The number of aliphatic hydroxyl groups is 1. The highest BCUT2D eigenvalue weighted by Gasteiger charge is 2.14. The average Bonchev–Trinajstić information content (AvgIpc) is 2.41. The number of hydrogen-bond acceptors (Lipinski definition) is 2. The summed E-state index contributed by atoms with van der Waals surface area (Å²) < 4.78 is 18.7. The van der Waals surface area contributed by atoms with Crippen LogP contribution in [0.5, 0.6) is 5.75 Å². The molecule has 0 aromatic heterocycles. The molecule has 4 heteroatoms. The predicted molar refractivity (Wildman–Crippen MR) is 73.1 cm³/mol. The quantitative estimate of drug-likeness (QED) is 0.924. The van der Waals surface area contributed by atoms with Crippen molar-refractivity contribution < 1.29 is 14.2 Å². The molecule has 100 valence electrons. The van der Waals surface area contributed by atoms with E-state index in [1.54, 1.807) is 18.2 Å². The minimum atomic E-state index is -0.896. The number of rotatable bonds is 4. The summed E-state index contributed by atoms with van der Waals surface area (Å²) in [4.78, 5) is 0. The summed E-state index contributed by atoms with van der Waals surface area (Å²) >= 11 is 5.79. The van der Waals surface area contributed by atoms with E-state index in [-0.39, 0.29) is 5.56 Å². The Balaban J connectivity index is 2.15. The van der Waals surface area contributed by atoms with Crippen LogP contribution >= 0.6 is 11.6 Å². The molecule has 2 aromatic carbocycles. The molecular weight excluding hydrogens is 267 g/mol. The molecule has 19 heavy (non-hydrogen) atoms. The van der Waals surface area contributed by atoms with E-state index in [1.807, 2.05) is 12.1 Å². The van der Waals surface area contributed by atoms with Crippen molar-refractivity contribution in [1.29, 1.82) is 0 Å². The molecule has 0 spiro atoms. The van der Waals surface area contributed by atoms with Gasteiger partial charge in [0, 0.05) is 23.1 Å². The fourth-order valence-electron chi connectivity index (χ4n) is 1.86. The van der Waals surface area contributed by atoms with Gasteiger partial charge >= 0.3 is 0 Å². The second-order valence-corrected chi connectivity index (χ2v) is 4.67. The fourth-order valence-corrected chi connectivity index (χ4v) is 1.98. The minimum Gasteiger partial charge on any atom is -0.497 e. The van der Waals surface area contributed by atoms with E-state index >= 15 is 0 Å². The number of aliphatic hydroxyl groups excluding tert-OH is 1. The van der Waals surface area contributed by atoms with Crippen LogP contribution in [0.2, 0.25) is 5.02 Å².